The van der Waals surface area contributed by atoms with E-state index in [0.717, 1.165) is 6.04 Å². The van der Waals surface area contributed by atoms with Crippen LogP contribution in [-0.4, -0.2) is 49.8 Å². The highest BCUT2D eigenvalue weighted by molar-refractivity contribution is 4.66. The van der Waals surface area contributed by atoms with Gasteiger partial charge < -0.3 is 4.48 Å². The van der Waals surface area contributed by atoms with Crippen LogP contribution in [-0.2, 0) is 0 Å². The van der Waals surface area contributed by atoms with Crippen molar-refractivity contribution in [1.29, 1.82) is 0 Å². The molecule has 0 aromatic rings. The van der Waals surface area contributed by atoms with Crippen LogP contribution in [0.4, 0.5) is 0 Å². The van der Waals surface area contributed by atoms with Crippen molar-refractivity contribution in [1.82, 2.24) is 4.90 Å². The Morgan fingerprint density at radius 2 is 2.10 bits per heavy atom. The van der Waals surface area contributed by atoms with Crippen molar-refractivity contribution in [3.8, 4) is 0 Å². The molecule has 1 aliphatic rings. The summed E-state index contributed by atoms with van der Waals surface area (Å²) < 4.78 is 1.17. The van der Waals surface area contributed by atoms with Crippen molar-refractivity contribution in [2.75, 3.05) is 34.4 Å². The molecule has 0 N–H and O–H groups in total. The molecule has 10 heavy (non-hydrogen) atoms. The topological polar surface area (TPSA) is 3.24 Å². The smallest absolute Gasteiger partial charge is 0.134 e. The highest BCUT2D eigenvalue weighted by Crippen LogP contribution is 2.18. The van der Waals surface area contributed by atoms with E-state index in [1.807, 2.05) is 0 Å². The zero-order valence-electron chi connectivity index (χ0n) is 7.59. The lowest BCUT2D eigenvalue weighted by molar-refractivity contribution is -0.905. The summed E-state index contributed by atoms with van der Waals surface area (Å²) in [6, 6.07) is 0.852. The lowest BCUT2D eigenvalue weighted by atomic mass is 10.2. The molecule has 1 atom stereocenters. The maximum Gasteiger partial charge on any atom is 0.134 e. The maximum atomic E-state index is 2.41. The van der Waals surface area contributed by atoms with Crippen LogP contribution in [0.5, 0.6) is 0 Å². The standard InChI is InChI=1S/C8H19N2/c1-5-8-6-9(2)7-10(8,3)4/h8H,5-7H2,1-4H3/q+1. The molecular weight excluding hydrogens is 124 g/mol. The van der Waals surface area contributed by atoms with Crippen LogP contribution in [0.25, 0.3) is 0 Å². The first kappa shape index (κ1) is 8.02. The van der Waals surface area contributed by atoms with Gasteiger partial charge in [-0.1, -0.05) is 6.92 Å². The lowest BCUT2D eigenvalue weighted by Crippen LogP contribution is -2.44. The summed E-state index contributed by atoms with van der Waals surface area (Å²) in [5.41, 5.74) is 0. The zero-order chi connectivity index (χ0) is 7.78. The lowest BCUT2D eigenvalue weighted by Gasteiger charge is -2.29. The Hall–Kier alpha value is -0.0800. The molecular formula is C8H19N2+. The van der Waals surface area contributed by atoms with Gasteiger partial charge >= 0.3 is 0 Å². The third-order valence-electron chi connectivity index (χ3n) is 2.59. The van der Waals surface area contributed by atoms with Gasteiger partial charge in [0.2, 0.25) is 0 Å². The second-order valence-electron chi connectivity index (χ2n) is 4.02. The Bertz CT molecular complexity index is 120. The fourth-order valence-electron chi connectivity index (χ4n) is 2.00. The number of rotatable bonds is 1. The normalized spacial score (nSPS) is 33.0. The van der Waals surface area contributed by atoms with Crippen molar-refractivity contribution in [2.24, 2.45) is 0 Å². The van der Waals surface area contributed by atoms with Gasteiger partial charge in [0.25, 0.3) is 0 Å². The predicted octanol–water partition coefficient (Wildman–Crippen LogP) is 0.744. The SMILES string of the molecule is CCC1CN(C)C[N+]1(C)C. The third kappa shape index (κ3) is 1.32. The minimum Gasteiger partial charge on any atom is -0.312 e. The van der Waals surface area contributed by atoms with Gasteiger partial charge in [0.05, 0.1) is 20.6 Å². The van der Waals surface area contributed by atoms with Gasteiger partial charge in [-0.15, -0.1) is 0 Å². The van der Waals surface area contributed by atoms with E-state index in [0.29, 0.717) is 0 Å². The van der Waals surface area contributed by atoms with Gasteiger partial charge in [0, 0.05) is 0 Å². The summed E-state index contributed by atoms with van der Waals surface area (Å²) in [5, 5.41) is 0. The van der Waals surface area contributed by atoms with Gasteiger partial charge in [-0.05, 0) is 13.5 Å². The first-order chi connectivity index (χ1) is 4.56. The fourth-order valence-corrected chi connectivity index (χ4v) is 2.00. The van der Waals surface area contributed by atoms with Gasteiger partial charge in [-0.25, -0.2) is 0 Å². The van der Waals surface area contributed by atoms with Crippen LogP contribution >= 0.6 is 0 Å². The molecule has 0 spiro atoms. The summed E-state index contributed by atoms with van der Waals surface area (Å²) in [5.74, 6) is 0. The van der Waals surface area contributed by atoms with Crippen molar-refractivity contribution in [2.45, 2.75) is 19.4 Å². The Morgan fingerprint density at radius 1 is 1.50 bits per heavy atom. The summed E-state index contributed by atoms with van der Waals surface area (Å²) in [6.45, 7) is 4.76. The maximum absolute atomic E-state index is 2.41. The Balaban J connectivity index is 2.58. The molecule has 1 rings (SSSR count). The molecule has 0 saturated carbocycles. The highest BCUT2D eigenvalue weighted by atomic mass is 15.5. The molecule has 1 heterocycles. The minimum atomic E-state index is 0.852. The Kier molecular flexibility index (Phi) is 2.02. The Morgan fingerprint density at radius 3 is 2.30 bits per heavy atom. The molecule has 0 aromatic carbocycles. The summed E-state index contributed by atoms with van der Waals surface area (Å²) in [6.07, 6.45) is 1.30. The van der Waals surface area contributed by atoms with E-state index in [1.165, 1.54) is 24.1 Å². The average Bonchev–Trinajstić information content (AvgIpc) is 2.04. The van der Waals surface area contributed by atoms with Crippen molar-refractivity contribution in [3.63, 3.8) is 0 Å². The summed E-state index contributed by atoms with van der Waals surface area (Å²) in [7, 11) is 6.84. The summed E-state index contributed by atoms with van der Waals surface area (Å²) >= 11 is 0. The summed E-state index contributed by atoms with van der Waals surface area (Å²) in [4.78, 5) is 2.41. The van der Waals surface area contributed by atoms with Crippen LogP contribution in [0.2, 0.25) is 0 Å². The molecule has 1 fully saturated rings. The molecule has 60 valence electrons. The number of nitrogens with zero attached hydrogens (tertiary/aromatic N) is 2. The van der Waals surface area contributed by atoms with E-state index in [-0.39, 0.29) is 0 Å². The average molecular weight is 143 g/mol. The first-order valence-corrected chi connectivity index (χ1v) is 4.07. The second kappa shape index (κ2) is 2.51. The van der Waals surface area contributed by atoms with Crippen LogP contribution in [0.1, 0.15) is 13.3 Å². The molecule has 0 aromatic heterocycles. The molecule has 0 bridgehead atoms. The molecule has 2 nitrogen and oxygen atoms in total. The van der Waals surface area contributed by atoms with Crippen LogP contribution in [0, 0.1) is 0 Å². The third-order valence-corrected chi connectivity index (χ3v) is 2.59. The number of hydrogen-bond donors (Lipinski definition) is 0. The van der Waals surface area contributed by atoms with E-state index < -0.39 is 0 Å². The van der Waals surface area contributed by atoms with Gasteiger partial charge in [0.1, 0.15) is 12.7 Å². The predicted molar refractivity (Wildman–Crippen MR) is 43.7 cm³/mol. The number of likely N-dealkylation sites (N-methyl/N-ethyl adjacent to an activating group) is 2. The van der Waals surface area contributed by atoms with E-state index >= 15 is 0 Å². The van der Waals surface area contributed by atoms with Gasteiger partial charge in [-0.3, -0.25) is 4.90 Å². The fraction of sp³-hybridized carbons (Fsp3) is 1.00. The second-order valence-corrected chi connectivity index (χ2v) is 4.02. The molecule has 0 aliphatic carbocycles. The van der Waals surface area contributed by atoms with Crippen molar-refractivity contribution in [3.05, 3.63) is 0 Å². The van der Waals surface area contributed by atoms with Crippen molar-refractivity contribution < 1.29 is 4.48 Å². The van der Waals surface area contributed by atoms with Crippen LogP contribution in [0.15, 0.2) is 0 Å². The van der Waals surface area contributed by atoms with Gasteiger partial charge in [0.15, 0.2) is 0 Å². The monoisotopic (exact) mass is 143 g/mol. The van der Waals surface area contributed by atoms with E-state index in [2.05, 4.69) is 33.0 Å². The van der Waals surface area contributed by atoms with E-state index in [1.54, 1.807) is 0 Å². The molecule has 0 radical (unpaired) electrons. The molecule has 2 heteroatoms. The molecule has 1 aliphatic heterocycles. The zero-order valence-corrected chi connectivity index (χ0v) is 7.59. The molecule has 1 unspecified atom stereocenters. The first-order valence-electron chi connectivity index (χ1n) is 4.07. The van der Waals surface area contributed by atoms with E-state index in [9.17, 15) is 0 Å². The number of hydrogen-bond acceptors (Lipinski definition) is 1. The molecule has 1 saturated heterocycles. The van der Waals surface area contributed by atoms with Crippen LogP contribution < -0.4 is 0 Å². The molecule has 0 amide bonds. The Labute approximate surface area is 64.0 Å². The quantitative estimate of drug-likeness (QED) is 0.489. The van der Waals surface area contributed by atoms with Crippen LogP contribution in [0.3, 0.4) is 0 Å². The van der Waals surface area contributed by atoms with Crippen molar-refractivity contribution >= 4 is 0 Å². The largest absolute Gasteiger partial charge is 0.312 e. The minimum absolute atomic E-state index is 0.852. The highest BCUT2D eigenvalue weighted by Gasteiger charge is 2.35. The van der Waals surface area contributed by atoms with E-state index in [4.69, 9.17) is 0 Å². The van der Waals surface area contributed by atoms with Gasteiger partial charge in [-0.2, -0.15) is 0 Å². The number of quaternary nitrogens is 1.